The van der Waals surface area contributed by atoms with Crippen molar-refractivity contribution in [3.63, 3.8) is 0 Å². The lowest BCUT2D eigenvalue weighted by Gasteiger charge is -2.31. The number of ether oxygens (including phenoxy) is 3. The summed E-state index contributed by atoms with van der Waals surface area (Å²) in [6.45, 7) is 22.2. The van der Waals surface area contributed by atoms with E-state index in [1.807, 2.05) is 124 Å². The maximum Gasteiger partial charge on any atom is 0.413 e. The van der Waals surface area contributed by atoms with Crippen LogP contribution >= 0.6 is 0 Å². The van der Waals surface area contributed by atoms with Gasteiger partial charge in [0.05, 0.1) is 102 Å². The first-order valence-corrected chi connectivity index (χ1v) is 36.1. The predicted octanol–water partition coefficient (Wildman–Crippen LogP) is 11.4. The van der Waals surface area contributed by atoms with Crippen LogP contribution in [-0.2, 0) is 27.3 Å². The fraction of sp³-hybridized carbons (Fsp3) is 0.321. The van der Waals surface area contributed by atoms with E-state index in [0.29, 0.717) is 89.6 Å². The molecule has 560 valence electrons. The predicted molar refractivity (Wildman–Crippen MR) is 415 cm³/mol. The van der Waals surface area contributed by atoms with Crippen LogP contribution in [0.15, 0.2) is 156 Å². The molecule has 3 aromatic carbocycles. The Morgan fingerprint density at radius 3 is 1.70 bits per heavy atom. The number of nitrogens with zero attached hydrogens (tertiary/aromatic N) is 12. The number of pyridine rings is 5. The van der Waals surface area contributed by atoms with Crippen LogP contribution < -0.4 is 37.5 Å². The van der Waals surface area contributed by atoms with Gasteiger partial charge in [-0.05, 0) is 149 Å². The number of aromatic amines is 3. The van der Waals surface area contributed by atoms with E-state index in [9.17, 15) is 24.0 Å². The van der Waals surface area contributed by atoms with Gasteiger partial charge in [0.15, 0.2) is 0 Å². The molecule has 14 rings (SSSR count). The molecule has 2 aliphatic heterocycles. The summed E-state index contributed by atoms with van der Waals surface area (Å²) in [5.74, 6) is 2.27. The molecule has 0 spiro atoms. The molecule has 2 saturated heterocycles. The Balaban J connectivity index is 0.000000151. The molecule has 1 atom stereocenters. The van der Waals surface area contributed by atoms with Gasteiger partial charge in [0.1, 0.15) is 11.3 Å². The number of morpholine rings is 2. The minimum atomic E-state index is -0.595. The van der Waals surface area contributed by atoms with Crippen molar-refractivity contribution >= 4 is 75.0 Å². The smallest absolute Gasteiger partial charge is 0.413 e. The van der Waals surface area contributed by atoms with E-state index < -0.39 is 6.09 Å². The molecule has 9 N–H and O–H groups in total. The summed E-state index contributed by atoms with van der Waals surface area (Å²) in [7, 11) is 3.91. The van der Waals surface area contributed by atoms with Crippen molar-refractivity contribution < 1.29 is 37.8 Å². The molecular formula is C78H89N21O9. The number of hydrogen-bond acceptors (Lipinski definition) is 20. The quantitative estimate of drug-likeness (QED) is 0.0304. The summed E-state index contributed by atoms with van der Waals surface area (Å²) in [5.41, 5.74) is 14.6. The molecule has 0 bridgehead atoms. The van der Waals surface area contributed by atoms with E-state index in [1.54, 1.807) is 48.5 Å². The molecule has 6 amide bonds. The summed E-state index contributed by atoms with van der Waals surface area (Å²) < 4.78 is 23.6. The number of fused-ring (bicyclic) bond motifs is 3. The van der Waals surface area contributed by atoms with E-state index in [4.69, 9.17) is 23.6 Å². The van der Waals surface area contributed by atoms with Crippen molar-refractivity contribution in [1.82, 2.24) is 90.0 Å². The third kappa shape index (κ3) is 19.3. The lowest BCUT2D eigenvalue weighted by molar-refractivity contribution is 0.0190. The number of aromatic nitrogens is 12. The van der Waals surface area contributed by atoms with Gasteiger partial charge in [-0.2, -0.15) is 0 Å². The molecule has 0 radical (unpaired) electrons. The number of benzene rings is 3. The van der Waals surface area contributed by atoms with Gasteiger partial charge in [-0.25, -0.2) is 34.3 Å². The zero-order valence-electron chi connectivity index (χ0n) is 61.7. The van der Waals surface area contributed by atoms with E-state index in [-0.39, 0.29) is 42.1 Å². The van der Waals surface area contributed by atoms with Gasteiger partial charge in [-0.3, -0.25) is 55.3 Å². The summed E-state index contributed by atoms with van der Waals surface area (Å²) in [6.07, 6.45) is 11.6. The average molecular weight is 1460 g/mol. The highest BCUT2D eigenvalue weighted by Gasteiger charge is 2.24. The van der Waals surface area contributed by atoms with Crippen LogP contribution in [-0.4, -0.2) is 198 Å². The minimum absolute atomic E-state index is 0.0644. The molecule has 0 saturated carbocycles. The summed E-state index contributed by atoms with van der Waals surface area (Å²) in [5, 5.41) is 16.5. The summed E-state index contributed by atoms with van der Waals surface area (Å²) in [6, 6.07) is 32.3. The Morgan fingerprint density at radius 1 is 0.583 bits per heavy atom. The average Bonchev–Trinajstić information content (AvgIpc) is 1.60. The second-order valence-electron chi connectivity index (χ2n) is 26.4. The molecule has 30 nitrogen and oxygen atoms in total. The van der Waals surface area contributed by atoms with Gasteiger partial charge in [0.2, 0.25) is 23.7 Å². The summed E-state index contributed by atoms with van der Waals surface area (Å²) >= 11 is 0. The first kappa shape index (κ1) is 75.6. The van der Waals surface area contributed by atoms with E-state index in [0.717, 1.165) is 138 Å². The number of carbonyl (C=O) groups excluding carboxylic acids is 4. The molecule has 2 fully saturated rings. The topological polar surface area (TPSA) is 363 Å². The van der Waals surface area contributed by atoms with Crippen molar-refractivity contribution in [2.45, 2.75) is 60.7 Å². The molecule has 12 aromatic rings. The van der Waals surface area contributed by atoms with Gasteiger partial charge in [0.25, 0.3) is 11.5 Å². The van der Waals surface area contributed by atoms with E-state index in [1.165, 1.54) is 0 Å². The monoisotopic (exact) mass is 1460 g/mol. The van der Waals surface area contributed by atoms with Gasteiger partial charge < -0.3 is 59.0 Å². The molecule has 30 heteroatoms. The van der Waals surface area contributed by atoms with Crippen LogP contribution in [0.25, 0.3) is 100 Å². The van der Waals surface area contributed by atoms with Crippen LogP contribution in [0.1, 0.15) is 69.4 Å². The number of amides is 6. The number of carbonyl (C=O) groups is 4. The third-order valence-corrected chi connectivity index (χ3v) is 17.7. The second-order valence-corrected chi connectivity index (χ2v) is 26.4. The fourth-order valence-electron chi connectivity index (χ4n) is 12.5. The Kier molecular flexibility index (Phi) is 25.1. The van der Waals surface area contributed by atoms with Crippen LogP contribution in [0.4, 0.5) is 32.2 Å². The maximum atomic E-state index is 12.9. The first-order chi connectivity index (χ1) is 52.4. The Hall–Kier alpha value is -12.1. The normalized spacial score (nSPS) is 13.5. The number of anilines is 3. The van der Waals surface area contributed by atoms with Crippen molar-refractivity contribution in [1.29, 1.82) is 0 Å². The van der Waals surface area contributed by atoms with Crippen molar-refractivity contribution in [3.8, 4) is 67.3 Å². The third-order valence-electron chi connectivity index (χ3n) is 17.7. The van der Waals surface area contributed by atoms with E-state index >= 15 is 0 Å². The van der Waals surface area contributed by atoms with Gasteiger partial charge in [-0.1, -0.05) is 32.0 Å². The number of H-pyrrole nitrogens is 3. The number of urea groups is 2. The SMILES string of the molecule is CCNC(=O)Nc1nc2c(-c3ccccn3)cc(-c3ccc(C(C)N4CCOCC4)nc3)cc2[nH]1.CCNC(=O)Nc1nc2c(-c3ncc(CN(C)C)o3)cc(-c3ccn(CC(C)C)c(=O)c3)cc2[nH]1.CCOC(=O)Nc1nc2c(-c3ccccn3)cc(-c3cncc(C(=O)NCCN4CCOCC4)c3)cc2[nH]1. The number of imidazole rings is 3. The fourth-order valence-corrected chi connectivity index (χ4v) is 12.5. The van der Waals surface area contributed by atoms with Crippen LogP contribution in [0.3, 0.4) is 0 Å². The molecular weight excluding hydrogens is 1370 g/mol. The largest absolute Gasteiger partial charge is 0.450 e. The Morgan fingerprint density at radius 2 is 1.16 bits per heavy atom. The number of nitrogens with one attached hydrogen (secondary N) is 9. The summed E-state index contributed by atoms with van der Waals surface area (Å²) in [4.78, 5) is 114. The zero-order chi connectivity index (χ0) is 75.6. The second kappa shape index (κ2) is 35.8. The maximum absolute atomic E-state index is 12.9. The molecule has 1 unspecified atom stereocenters. The highest BCUT2D eigenvalue weighted by Crippen LogP contribution is 2.37. The number of hydrogen-bond donors (Lipinski definition) is 9. The zero-order valence-corrected chi connectivity index (χ0v) is 61.7. The standard InChI is InChI=1S/C27H29N7O4.C26H29N7O2.C25H31N7O3/c1-2-38-27(36)33-26-31-23-15-18(14-21(24(23)32-26)22-5-3-4-6-29-22)19-13-20(17-28-16-19)25(35)30-7-8-34-9-11-37-12-10-34;1-3-27-26(34)32-25-30-23-15-19(14-20(24(23)31-25)22-6-4-5-9-28-22)18-7-8-21(29-16-18)17(2)33-10-12-35-13-11-33;1-6-26-25(34)30-24-28-20-10-17(16-7-8-32(13-15(2)3)21(33)11-16)9-19(22(20)29-24)23-27-12-18(35-23)14-31(4)5/h3-6,13-17H,2,7-12H2,1H3,(H,30,35)(H2,31,32,33,36);4-9,14-17H,3,10-13H2,1-2H3,(H3,27,30,31,32,34);7-12,15H,6,13-14H2,1-5H3,(H3,26,28,29,30,34). The lowest BCUT2D eigenvalue weighted by Crippen LogP contribution is -2.41. The minimum Gasteiger partial charge on any atom is -0.450 e. The van der Waals surface area contributed by atoms with Crippen molar-refractivity contribution in [2.24, 2.45) is 5.92 Å². The first-order valence-electron chi connectivity index (χ1n) is 36.1. The van der Waals surface area contributed by atoms with Crippen LogP contribution in [0.2, 0.25) is 0 Å². The van der Waals surface area contributed by atoms with Crippen molar-refractivity contribution in [2.75, 3.05) is 115 Å². The molecule has 0 aliphatic carbocycles. The number of rotatable bonds is 22. The highest BCUT2D eigenvalue weighted by molar-refractivity contribution is 6.01. The van der Waals surface area contributed by atoms with Gasteiger partial charge in [-0.15, -0.1) is 0 Å². The molecule has 11 heterocycles. The Bertz CT molecular complexity index is 5120. The Labute approximate surface area is 623 Å². The number of oxazole rings is 1. The molecule has 2 aliphatic rings. The molecule has 108 heavy (non-hydrogen) atoms. The molecule has 9 aromatic heterocycles. The van der Waals surface area contributed by atoms with Crippen LogP contribution in [0.5, 0.6) is 0 Å². The van der Waals surface area contributed by atoms with Crippen molar-refractivity contribution in [3.05, 3.63) is 174 Å². The van der Waals surface area contributed by atoms with E-state index in [2.05, 4.69) is 131 Å². The van der Waals surface area contributed by atoms with Gasteiger partial charge in [0, 0.05) is 130 Å². The lowest BCUT2D eigenvalue weighted by atomic mass is 10.00. The van der Waals surface area contributed by atoms with Crippen LogP contribution in [0, 0.1) is 5.92 Å². The highest BCUT2D eigenvalue weighted by atomic mass is 16.5. The van der Waals surface area contributed by atoms with Gasteiger partial charge >= 0.3 is 18.2 Å².